The Morgan fingerprint density at radius 1 is 1.37 bits per heavy atom. The molecule has 1 rings (SSSR count). The van der Waals surface area contributed by atoms with Crippen LogP contribution in [0.4, 0.5) is 0 Å². The summed E-state index contributed by atoms with van der Waals surface area (Å²) in [7, 11) is 4.04. The van der Waals surface area contributed by atoms with Gasteiger partial charge in [-0.25, -0.2) is 0 Å². The molecule has 0 bridgehead atoms. The van der Waals surface area contributed by atoms with Gasteiger partial charge in [-0.15, -0.1) is 0 Å². The zero-order chi connectivity index (χ0) is 14.6. The van der Waals surface area contributed by atoms with Crippen LogP contribution >= 0.6 is 15.9 Å². The molecule has 0 saturated heterocycles. The topological polar surface area (TPSA) is 32.3 Å². The van der Waals surface area contributed by atoms with Gasteiger partial charge in [0.1, 0.15) is 0 Å². The number of carbonyl (C=O) groups excluding carboxylic acids is 1. The molecule has 106 valence electrons. The summed E-state index contributed by atoms with van der Waals surface area (Å²) in [5.41, 5.74) is 1.83. The second-order valence-corrected chi connectivity index (χ2v) is 6.40. The first-order valence-electron chi connectivity index (χ1n) is 6.53. The van der Waals surface area contributed by atoms with Crippen molar-refractivity contribution in [2.75, 3.05) is 20.6 Å². The van der Waals surface area contributed by atoms with Crippen LogP contribution in [-0.4, -0.2) is 37.5 Å². The number of nitrogens with one attached hydrogen (secondary N) is 1. The molecule has 0 aromatic heterocycles. The molecule has 4 heteroatoms. The molecule has 0 heterocycles. The van der Waals surface area contributed by atoms with Gasteiger partial charge in [0.15, 0.2) is 0 Å². The number of benzene rings is 1. The van der Waals surface area contributed by atoms with E-state index in [-0.39, 0.29) is 11.9 Å². The van der Waals surface area contributed by atoms with Gasteiger partial charge < -0.3 is 10.2 Å². The third-order valence-electron chi connectivity index (χ3n) is 3.12. The van der Waals surface area contributed by atoms with Crippen LogP contribution in [0.3, 0.4) is 0 Å². The number of carbonyl (C=O) groups is 1. The van der Waals surface area contributed by atoms with E-state index in [1.54, 1.807) is 0 Å². The Kier molecular flexibility index (Phi) is 6.01. The summed E-state index contributed by atoms with van der Waals surface area (Å²) in [6.07, 6.45) is 0. The van der Waals surface area contributed by atoms with Gasteiger partial charge >= 0.3 is 0 Å². The molecule has 0 saturated carbocycles. The van der Waals surface area contributed by atoms with Crippen LogP contribution in [0.1, 0.15) is 29.8 Å². The highest BCUT2D eigenvalue weighted by Gasteiger charge is 2.18. The van der Waals surface area contributed by atoms with Crippen LogP contribution in [-0.2, 0) is 0 Å². The van der Waals surface area contributed by atoms with Crippen molar-refractivity contribution < 1.29 is 4.79 Å². The third-order valence-corrected chi connectivity index (χ3v) is 3.97. The van der Waals surface area contributed by atoms with Gasteiger partial charge in [-0.1, -0.05) is 35.8 Å². The van der Waals surface area contributed by atoms with Gasteiger partial charge in [-0.2, -0.15) is 0 Å². The maximum atomic E-state index is 12.3. The van der Waals surface area contributed by atoms with Crippen molar-refractivity contribution in [1.29, 1.82) is 0 Å². The summed E-state index contributed by atoms with van der Waals surface area (Å²) in [5.74, 6) is 0.390. The molecule has 19 heavy (non-hydrogen) atoms. The molecular formula is C15H23BrN2O. The van der Waals surface area contributed by atoms with Gasteiger partial charge in [-0.3, -0.25) is 4.79 Å². The molecule has 1 atom stereocenters. The first kappa shape index (κ1) is 16.2. The Bertz CT molecular complexity index is 444. The van der Waals surface area contributed by atoms with E-state index in [2.05, 4.69) is 40.0 Å². The predicted molar refractivity (Wildman–Crippen MR) is 83.5 cm³/mol. The SMILES string of the molecule is Cc1ccc(C(=O)NC(CN(C)C)C(C)C)cc1Br. The summed E-state index contributed by atoms with van der Waals surface area (Å²) >= 11 is 3.46. The molecule has 0 radical (unpaired) electrons. The minimum absolute atomic E-state index is 0.0127. The van der Waals surface area contributed by atoms with Gasteiger partial charge in [0.05, 0.1) is 0 Å². The van der Waals surface area contributed by atoms with E-state index < -0.39 is 0 Å². The largest absolute Gasteiger partial charge is 0.348 e. The summed E-state index contributed by atoms with van der Waals surface area (Å²) < 4.78 is 0.967. The first-order valence-corrected chi connectivity index (χ1v) is 7.32. The Morgan fingerprint density at radius 3 is 2.47 bits per heavy atom. The fourth-order valence-corrected chi connectivity index (χ4v) is 2.18. The Balaban J connectivity index is 2.78. The summed E-state index contributed by atoms with van der Waals surface area (Å²) in [4.78, 5) is 14.3. The molecule has 1 amide bonds. The molecule has 1 N–H and O–H groups in total. The number of nitrogens with zero attached hydrogens (tertiary/aromatic N) is 1. The molecule has 0 fully saturated rings. The predicted octanol–water partition coefficient (Wildman–Crippen LogP) is 3.07. The van der Waals surface area contributed by atoms with E-state index in [1.165, 1.54) is 0 Å². The fourth-order valence-electron chi connectivity index (χ4n) is 1.80. The van der Waals surface area contributed by atoms with Crippen molar-refractivity contribution in [2.24, 2.45) is 5.92 Å². The molecule has 1 aromatic carbocycles. The van der Waals surface area contributed by atoms with E-state index in [0.717, 1.165) is 16.6 Å². The summed E-state index contributed by atoms with van der Waals surface area (Å²) in [6.45, 7) is 7.10. The second kappa shape index (κ2) is 7.06. The fraction of sp³-hybridized carbons (Fsp3) is 0.533. The zero-order valence-corrected chi connectivity index (χ0v) is 13.9. The number of hydrogen-bond donors (Lipinski definition) is 1. The Labute approximate surface area is 124 Å². The number of amides is 1. The lowest BCUT2D eigenvalue weighted by Crippen LogP contribution is -2.45. The molecule has 0 aliphatic carbocycles. The lowest BCUT2D eigenvalue weighted by atomic mass is 10.0. The van der Waals surface area contributed by atoms with Crippen molar-refractivity contribution in [1.82, 2.24) is 10.2 Å². The summed E-state index contributed by atoms with van der Waals surface area (Å²) in [5, 5.41) is 3.11. The van der Waals surface area contributed by atoms with Crippen molar-refractivity contribution in [3.8, 4) is 0 Å². The average molecular weight is 327 g/mol. The van der Waals surface area contributed by atoms with Crippen molar-refractivity contribution >= 4 is 21.8 Å². The molecule has 3 nitrogen and oxygen atoms in total. The van der Waals surface area contributed by atoms with Crippen LogP contribution < -0.4 is 5.32 Å². The van der Waals surface area contributed by atoms with Crippen LogP contribution in [0.15, 0.2) is 22.7 Å². The van der Waals surface area contributed by atoms with E-state index in [0.29, 0.717) is 11.5 Å². The maximum absolute atomic E-state index is 12.3. The minimum Gasteiger partial charge on any atom is -0.348 e. The maximum Gasteiger partial charge on any atom is 0.251 e. The van der Waals surface area contributed by atoms with Gasteiger partial charge in [0.2, 0.25) is 0 Å². The van der Waals surface area contributed by atoms with Gasteiger partial charge in [0.25, 0.3) is 5.91 Å². The summed E-state index contributed by atoms with van der Waals surface area (Å²) in [6, 6.07) is 5.85. The normalized spacial score (nSPS) is 12.8. The quantitative estimate of drug-likeness (QED) is 0.901. The number of likely N-dealkylation sites (N-methyl/N-ethyl adjacent to an activating group) is 1. The van der Waals surface area contributed by atoms with Crippen molar-refractivity contribution in [3.63, 3.8) is 0 Å². The van der Waals surface area contributed by atoms with E-state index in [4.69, 9.17) is 0 Å². The lowest BCUT2D eigenvalue weighted by molar-refractivity contribution is 0.0916. The van der Waals surface area contributed by atoms with Crippen LogP contribution in [0.25, 0.3) is 0 Å². The number of aryl methyl sites for hydroxylation is 1. The van der Waals surface area contributed by atoms with Crippen LogP contribution in [0.2, 0.25) is 0 Å². The van der Waals surface area contributed by atoms with E-state index >= 15 is 0 Å². The van der Waals surface area contributed by atoms with Gasteiger partial charge in [0, 0.05) is 22.6 Å². The van der Waals surface area contributed by atoms with Gasteiger partial charge in [-0.05, 0) is 44.6 Å². The zero-order valence-electron chi connectivity index (χ0n) is 12.3. The number of hydrogen-bond acceptors (Lipinski definition) is 2. The van der Waals surface area contributed by atoms with Crippen LogP contribution in [0, 0.1) is 12.8 Å². The monoisotopic (exact) mass is 326 g/mol. The standard InChI is InChI=1S/C15H23BrN2O/c1-10(2)14(9-18(4)5)17-15(19)12-7-6-11(3)13(16)8-12/h6-8,10,14H,9H2,1-5H3,(H,17,19). The molecule has 1 aromatic rings. The highest BCUT2D eigenvalue weighted by atomic mass is 79.9. The second-order valence-electron chi connectivity index (χ2n) is 5.55. The Morgan fingerprint density at radius 2 is 2.00 bits per heavy atom. The number of halogens is 1. The number of rotatable bonds is 5. The molecule has 0 aliphatic rings. The van der Waals surface area contributed by atoms with Crippen molar-refractivity contribution in [2.45, 2.75) is 26.8 Å². The first-order chi connectivity index (χ1) is 8.81. The smallest absolute Gasteiger partial charge is 0.251 e. The lowest BCUT2D eigenvalue weighted by Gasteiger charge is -2.25. The highest BCUT2D eigenvalue weighted by Crippen LogP contribution is 2.17. The highest BCUT2D eigenvalue weighted by molar-refractivity contribution is 9.10. The molecular weight excluding hydrogens is 304 g/mol. The minimum atomic E-state index is -0.0127. The molecule has 0 spiro atoms. The average Bonchev–Trinajstić information content (AvgIpc) is 2.31. The van der Waals surface area contributed by atoms with Crippen molar-refractivity contribution in [3.05, 3.63) is 33.8 Å². The van der Waals surface area contributed by atoms with E-state index in [1.807, 2.05) is 39.2 Å². The van der Waals surface area contributed by atoms with E-state index in [9.17, 15) is 4.79 Å². The molecule has 0 aliphatic heterocycles. The Hall–Kier alpha value is -0.870. The van der Waals surface area contributed by atoms with Crippen LogP contribution in [0.5, 0.6) is 0 Å². The third kappa shape index (κ3) is 4.96. The molecule has 1 unspecified atom stereocenters.